The first-order valence-electron chi connectivity index (χ1n) is 6.11. The number of aromatic nitrogens is 2. The molecule has 0 bridgehead atoms. The number of halogens is 3. The minimum atomic E-state index is -4.87. The fraction of sp³-hybridized carbons (Fsp3) is 0.0769. The molecular formula is C13H6F3N3O4. The highest BCUT2D eigenvalue weighted by Gasteiger charge is 2.42. The van der Waals surface area contributed by atoms with Crippen LogP contribution in [0.15, 0.2) is 30.5 Å². The molecule has 0 unspecified atom stereocenters. The number of alkyl halides is 3. The van der Waals surface area contributed by atoms with Gasteiger partial charge in [0.05, 0.1) is 17.3 Å². The molecular weight excluding hydrogens is 319 g/mol. The van der Waals surface area contributed by atoms with Crippen LogP contribution in [0, 0.1) is 0 Å². The third-order valence-electron chi connectivity index (χ3n) is 3.07. The highest BCUT2D eigenvalue weighted by molar-refractivity contribution is 6.21. The van der Waals surface area contributed by atoms with Gasteiger partial charge in [-0.2, -0.15) is 18.3 Å². The van der Waals surface area contributed by atoms with Gasteiger partial charge in [-0.1, -0.05) is 17.2 Å². The maximum atomic E-state index is 12.7. The van der Waals surface area contributed by atoms with E-state index in [2.05, 4.69) is 9.94 Å². The van der Waals surface area contributed by atoms with E-state index in [1.54, 1.807) is 5.10 Å². The molecule has 1 aromatic heterocycles. The van der Waals surface area contributed by atoms with Crippen LogP contribution in [0.2, 0.25) is 0 Å². The smallest absolute Gasteiger partial charge is 0.324 e. The molecule has 0 aliphatic carbocycles. The average molecular weight is 325 g/mol. The number of carbonyl (C=O) groups is 3. The number of hydroxylamine groups is 2. The van der Waals surface area contributed by atoms with E-state index in [4.69, 9.17) is 0 Å². The second kappa shape index (κ2) is 4.93. The number of hydrogen-bond acceptors (Lipinski definition) is 5. The molecule has 0 fully saturated rings. The molecule has 0 atom stereocenters. The SMILES string of the molecule is O=C(ON1C(=O)c2ccccc2C1=O)c1cn[nH]c1C(F)(F)F. The number of carbonyl (C=O) groups excluding carboxylic acids is 3. The minimum Gasteiger partial charge on any atom is -0.324 e. The normalized spacial score (nSPS) is 14.1. The van der Waals surface area contributed by atoms with Gasteiger partial charge in [0, 0.05) is 0 Å². The first-order chi connectivity index (χ1) is 10.8. The minimum absolute atomic E-state index is 0.00598. The molecule has 1 aromatic carbocycles. The van der Waals surface area contributed by atoms with E-state index in [0.717, 1.165) is 0 Å². The molecule has 1 aliphatic heterocycles. The number of hydrogen-bond donors (Lipinski definition) is 1. The average Bonchev–Trinajstić information content (AvgIpc) is 3.08. The third-order valence-corrected chi connectivity index (χ3v) is 3.07. The first-order valence-corrected chi connectivity index (χ1v) is 6.11. The molecule has 0 saturated carbocycles. The monoisotopic (exact) mass is 325 g/mol. The lowest BCUT2D eigenvalue weighted by Gasteiger charge is -2.13. The Kier molecular flexibility index (Phi) is 3.17. The summed E-state index contributed by atoms with van der Waals surface area (Å²) in [5, 5.41) is 4.88. The van der Waals surface area contributed by atoms with Crippen molar-refractivity contribution >= 4 is 17.8 Å². The molecule has 7 nitrogen and oxygen atoms in total. The van der Waals surface area contributed by atoms with Crippen LogP contribution in [0.3, 0.4) is 0 Å². The summed E-state index contributed by atoms with van der Waals surface area (Å²) < 4.78 is 38.1. The maximum absolute atomic E-state index is 12.7. The second-order valence-electron chi connectivity index (χ2n) is 4.49. The zero-order chi connectivity index (χ0) is 16.8. The molecule has 2 aromatic rings. The Bertz CT molecular complexity index is 793. The number of amides is 2. The summed E-state index contributed by atoms with van der Waals surface area (Å²) in [7, 11) is 0. The number of imide groups is 1. The van der Waals surface area contributed by atoms with Crippen molar-refractivity contribution in [2.75, 3.05) is 0 Å². The first kappa shape index (κ1) is 14.8. The molecule has 1 N–H and O–H groups in total. The van der Waals surface area contributed by atoms with Crippen LogP contribution in [-0.4, -0.2) is 33.0 Å². The Morgan fingerprint density at radius 1 is 1.13 bits per heavy atom. The Balaban J connectivity index is 1.87. The zero-order valence-corrected chi connectivity index (χ0v) is 11.0. The third kappa shape index (κ3) is 2.33. The molecule has 1 aliphatic rings. The molecule has 2 heterocycles. The Hall–Kier alpha value is -3.17. The van der Waals surface area contributed by atoms with Gasteiger partial charge in [-0.05, 0) is 12.1 Å². The lowest BCUT2D eigenvalue weighted by molar-refractivity contribution is -0.142. The van der Waals surface area contributed by atoms with Gasteiger partial charge in [0.15, 0.2) is 5.69 Å². The summed E-state index contributed by atoms with van der Waals surface area (Å²) in [6, 6.07) is 5.66. The van der Waals surface area contributed by atoms with E-state index < -0.39 is 35.2 Å². The quantitative estimate of drug-likeness (QED) is 0.850. The van der Waals surface area contributed by atoms with Crippen molar-refractivity contribution in [3.05, 3.63) is 52.8 Å². The van der Waals surface area contributed by atoms with Gasteiger partial charge in [-0.25, -0.2) is 4.79 Å². The van der Waals surface area contributed by atoms with E-state index in [1.807, 2.05) is 0 Å². The molecule has 10 heteroatoms. The maximum Gasteiger partial charge on any atom is 0.433 e. The summed E-state index contributed by atoms with van der Waals surface area (Å²) in [5.74, 6) is -3.40. The van der Waals surface area contributed by atoms with E-state index in [9.17, 15) is 27.6 Å². The summed E-state index contributed by atoms with van der Waals surface area (Å²) >= 11 is 0. The van der Waals surface area contributed by atoms with Gasteiger partial charge in [-0.15, -0.1) is 0 Å². The van der Waals surface area contributed by atoms with Gasteiger partial charge >= 0.3 is 12.1 Å². The fourth-order valence-corrected chi connectivity index (χ4v) is 2.04. The number of aromatic amines is 1. The largest absolute Gasteiger partial charge is 0.433 e. The summed E-state index contributed by atoms with van der Waals surface area (Å²) in [4.78, 5) is 40.3. The standard InChI is InChI=1S/C13H6F3N3O4/c14-13(15,16)9-8(5-17-18-9)12(22)23-19-10(20)6-3-1-2-4-7(6)11(19)21/h1-5H,(H,17,18). The number of H-pyrrole nitrogens is 1. The van der Waals surface area contributed by atoms with Gasteiger partial charge in [0.1, 0.15) is 5.56 Å². The summed E-state index contributed by atoms with van der Waals surface area (Å²) in [6.07, 6.45) is -4.27. The number of nitrogens with one attached hydrogen (secondary N) is 1. The van der Waals surface area contributed by atoms with Crippen LogP contribution in [0.4, 0.5) is 13.2 Å². The number of fused-ring (bicyclic) bond motifs is 1. The van der Waals surface area contributed by atoms with E-state index in [0.29, 0.717) is 6.20 Å². The van der Waals surface area contributed by atoms with Crippen LogP contribution in [0.25, 0.3) is 0 Å². The highest BCUT2D eigenvalue weighted by atomic mass is 19.4. The lowest BCUT2D eigenvalue weighted by Crippen LogP contribution is -2.33. The van der Waals surface area contributed by atoms with E-state index in [1.165, 1.54) is 24.3 Å². The number of benzene rings is 1. The van der Waals surface area contributed by atoms with Crippen LogP contribution in [0.1, 0.15) is 36.8 Å². The van der Waals surface area contributed by atoms with Crippen LogP contribution < -0.4 is 0 Å². The van der Waals surface area contributed by atoms with Crippen LogP contribution in [-0.2, 0) is 11.0 Å². The van der Waals surface area contributed by atoms with E-state index >= 15 is 0 Å². The molecule has 0 spiro atoms. The Labute approximate surface area is 125 Å². The predicted octanol–water partition coefficient (Wildman–Crippen LogP) is 1.80. The van der Waals surface area contributed by atoms with Gasteiger partial charge < -0.3 is 4.84 Å². The molecule has 118 valence electrons. The molecule has 0 radical (unpaired) electrons. The van der Waals surface area contributed by atoms with Crippen molar-refractivity contribution in [1.29, 1.82) is 0 Å². The molecule has 3 rings (SSSR count). The van der Waals surface area contributed by atoms with Gasteiger partial charge in [-0.3, -0.25) is 14.7 Å². The highest BCUT2D eigenvalue weighted by Crippen LogP contribution is 2.31. The molecule has 0 saturated heterocycles. The van der Waals surface area contributed by atoms with Crippen molar-refractivity contribution in [1.82, 2.24) is 15.3 Å². The lowest BCUT2D eigenvalue weighted by atomic mass is 10.1. The van der Waals surface area contributed by atoms with Gasteiger partial charge in [0.2, 0.25) is 0 Å². The van der Waals surface area contributed by atoms with Crippen molar-refractivity contribution in [2.24, 2.45) is 0 Å². The number of rotatable bonds is 2. The van der Waals surface area contributed by atoms with Gasteiger partial charge in [0.25, 0.3) is 11.8 Å². The Morgan fingerprint density at radius 3 is 2.22 bits per heavy atom. The Morgan fingerprint density at radius 2 is 1.70 bits per heavy atom. The topological polar surface area (TPSA) is 92.4 Å². The molecule has 23 heavy (non-hydrogen) atoms. The van der Waals surface area contributed by atoms with Crippen molar-refractivity contribution in [3.63, 3.8) is 0 Å². The predicted molar refractivity (Wildman–Crippen MR) is 65.9 cm³/mol. The fourth-order valence-electron chi connectivity index (χ4n) is 2.04. The van der Waals surface area contributed by atoms with Crippen molar-refractivity contribution < 1.29 is 32.4 Å². The summed E-state index contributed by atoms with van der Waals surface area (Å²) in [6.45, 7) is 0. The van der Waals surface area contributed by atoms with Crippen LogP contribution >= 0.6 is 0 Å². The zero-order valence-electron chi connectivity index (χ0n) is 11.0. The second-order valence-corrected chi connectivity index (χ2v) is 4.49. The van der Waals surface area contributed by atoms with Crippen molar-refractivity contribution in [3.8, 4) is 0 Å². The van der Waals surface area contributed by atoms with E-state index in [-0.39, 0.29) is 16.2 Å². The molecule has 2 amide bonds. The number of nitrogens with zero attached hydrogens (tertiary/aromatic N) is 2. The summed E-state index contributed by atoms with van der Waals surface area (Å²) in [5.41, 5.74) is -2.38. The van der Waals surface area contributed by atoms with Crippen molar-refractivity contribution in [2.45, 2.75) is 6.18 Å². The van der Waals surface area contributed by atoms with Crippen LogP contribution in [0.5, 0.6) is 0 Å².